The Morgan fingerprint density at radius 3 is 2.50 bits per heavy atom. The summed E-state index contributed by atoms with van der Waals surface area (Å²) in [5.41, 5.74) is 0. The number of hydrogen-bond donors (Lipinski definition) is 2. The Morgan fingerprint density at radius 2 is 2.00 bits per heavy atom. The lowest BCUT2D eigenvalue weighted by molar-refractivity contribution is -0.146. The van der Waals surface area contributed by atoms with Gasteiger partial charge in [0.1, 0.15) is 0 Å². The van der Waals surface area contributed by atoms with Crippen molar-refractivity contribution >= 4 is 24.3 Å². The summed E-state index contributed by atoms with van der Waals surface area (Å²) >= 11 is 0. The number of nitrogens with zero attached hydrogens (tertiary/aromatic N) is 1. The smallest absolute Gasteiger partial charge is 0.317 e. The zero-order chi connectivity index (χ0) is 9.84. The summed E-state index contributed by atoms with van der Waals surface area (Å²) in [7, 11) is 0. The Bertz CT molecular complexity index is 221. The van der Waals surface area contributed by atoms with Crippen LogP contribution >= 0.6 is 12.4 Å². The monoisotopic (exact) mass is 223 g/mol. The fraction of sp³-hybridized carbons (Fsp3) is 0.750. The van der Waals surface area contributed by atoms with Gasteiger partial charge in [-0.05, 0) is 19.4 Å². The van der Waals surface area contributed by atoms with Crippen LogP contribution in [-0.4, -0.2) is 46.7 Å². The van der Waals surface area contributed by atoms with E-state index in [1.54, 1.807) is 4.90 Å². The molecule has 1 heterocycles. The molecular formula is C8H14ClNO4. The van der Waals surface area contributed by atoms with Crippen LogP contribution < -0.4 is 0 Å². The van der Waals surface area contributed by atoms with Gasteiger partial charge in [0, 0.05) is 6.54 Å². The molecule has 0 radical (unpaired) electrons. The Balaban J connectivity index is 0.00000169. The molecule has 5 nitrogen and oxygen atoms in total. The third kappa shape index (κ3) is 3.93. The Hall–Kier alpha value is -0.810. The zero-order valence-electron chi connectivity index (χ0n) is 7.68. The molecule has 1 rings (SSSR count). The lowest BCUT2D eigenvalue weighted by Crippen LogP contribution is -2.41. The standard InChI is InChI=1S/C8H13NO4.ClH/c10-7(11)5-9-3-1-2-6(4-9)8(12)13;/h6H,1-5H2,(H,10,11)(H,12,13);1H. The molecule has 1 atom stereocenters. The normalized spacial score (nSPS) is 22.4. The Kier molecular flexibility index (Phi) is 5.49. The largest absolute Gasteiger partial charge is 0.481 e. The third-order valence-electron chi connectivity index (χ3n) is 2.21. The molecule has 0 aromatic rings. The molecule has 0 saturated carbocycles. The average molecular weight is 224 g/mol. The predicted octanol–water partition coefficient (Wildman–Crippen LogP) is 0.289. The highest BCUT2D eigenvalue weighted by Crippen LogP contribution is 2.15. The number of carboxylic acid groups (broad SMARTS) is 2. The molecule has 14 heavy (non-hydrogen) atoms. The van der Waals surface area contributed by atoms with Gasteiger partial charge in [0.05, 0.1) is 12.5 Å². The molecular weight excluding hydrogens is 210 g/mol. The van der Waals surface area contributed by atoms with Crippen molar-refractivity contribution in [2.24, 2.45) is 5.92 Å². The molecule has 0 aliphatic carbocycles. The van der Waals surface area contributed by atoms with E-state index in [1.165, 1.54) is 0 Å². The van der Waals surface area contributed by atoms with Gasteiger partial charge in [-0.1, -0.05) is 0 Å². The minimum atomic E-state index is -0.897. The maximum atomic E-state index is 10.6. The van der Waals surface area contributed by atoms with E-state index in [0.29, 0.717) is 19.5 Å². The molecule has 0 spiro atoms. The summed E-state index contributed by atoms with van der Waals surface area (Å²) in [6.07, 6.45) is 1.43. The first kappa shape index (κ1) is 13.2. The molecule has 1 fully saturated rings. The van der Waals surface area contributed by atoms with Gasteiger partial charge in [0.15, 0.2) is 0 Å². The number of aliphatic carboxylic acids is 2. The van der Waals surface area contributed by atoms with Crippen LogP contribution in [-0.2, 0) is 9.59 Å². The number of likely N-dealkylation sites (tertiary alicyclic amines) is 1. The second-order valence-electron chi connectivity index (χ2n) is 3.31. The average Bonchev–Trinajstić information content (AvgIpc) is 2.03. The maximum absolute atomic E-state index is 10.6. The maximum Gasteiger partial charge on any atom is 0.317 e. The van der Waals surface area contributed by atoms with Crippen LogP contribution in [0.2, 0.25) is 0 Å². The first-order valence-electron chi connectivity index (χ1n) is 4.26. The fourth-order valence-electron chi connectivity index (χ4n) is 1.59. The topological polar surface area (TPSA) is 77.8 Å². The van der Waals surface area contributed by atoms with Gasteiger partial charge in [-0.3, -0.25) is 14.5 Å². The quantitative estimate of drug-likeness (QED) is 0.719. The zero-order valence-corrected chi connectivity index (χ0v) is 8.50. The molecule has 0 amide bonds. The van der Waals surface area contributed by atoms with E-state index in [9.17, 15) is 9.59 Å². The van der Waals surface area contributed by atoms with Gasteiger partial charge in [-0.2, -0.15) is 0 Å². The molecule has 6 heteroatoms. The molecule has 1 aliphatic rings. The lowest BCUT2D eigenvalue weighted by atomic mass is 9.98. The second kappa shape index (κ2) is 5.82. The van der Waals surface area contributed by atoms with E-state index in [0.717, 1.165) is 6.42 Å². The van der Waals surface area contributed by atoms with Crippen LogP contribution in [0.3, 0.4) is 0 Å². The summed E-state index contributed by atoms with van der Waals surface area (Å²) in [5.74, 6) is -2.12. The van der Waals surface area contributed by atoms with Gasteiger partial charge < -0.3 is 10.2 Å². The Labute approximate surface area is 88.1 Å². The van der Waals surface area contributed by atoms with Crippen LogP contribution in [0.15, 0.2) is 0 Å². The van der Waals surface area contributed by atoms with Gasteiger partial charge in [-0.25, -0.2) is 0 Å². The minimum absolute atomic E-state index is 0. The number of hydrogen-bond acceptors (Lipinski definition) is 3. The van der Waals surface area contributed by atoms with Gasteiger partial charge >= 0.3 is 11.9 Å². The summed E-state index contributed by atoms with van der Waals surface area (Å²) < 4.78 is 0. The summed E-state index contributed by atoms with van der Waals surface area (Å²) in [6, 6.07) is 0. The minimum Gasteiger partial charge on any atom is -0.481 e. The van der Waals surface area contributed by atoms with E-state index in [-0.39, 0.29) is 19.0 Å². The fourth-order valence-corrected chi connectivity index (χ4v) is 1.59. The summed E-state index contributed by atoms with van der Waals surface area (Å²) in [4.78, 5) is 22.6. The summed E-state index contributed by atoms with van der Waals surface area (Å²) in [5, 5.41) is 17.2. The highest BCUT2D eigenvalue weighted by molar-refractivity contribution is 5.85. The van der Waals surface area contributed by atoms with Gasteiger partial charge in [-0.15, -0.1) is 12.4 Å². The van der Waals surface area contributed by atoms with E-state index in [1.807, 2.05) is 0 Å². The Morgan fingerprint density at radius 1 is 1.36 bits per heavy atom. The molecule has 0 aromatic carbocycles. The summed E-state index contributed by atoms with van der Waals surface area (Å²) in [6.45, 7) is 1.00. The second-order valence-corrected chi connectivity index (χ2v) is 3.31. The van der Waals surface area contributed by atoms with Crippen LogP contribution in [0.25, 0.3) is 0 Å². The lowest BCUT2D eigenvalue weighted by Gasteiger charge is -2.28. The van der Waals surface area contributed by atoms with Crippen LogP contribution in [0.4, 0.5) is 0 Å². The number of carbonyl (C=O) groups is 2. The molecule has 0 bridgehead atoms. The first-order chi connectivity index (χ1) is 6.09. The highest BCUT2D eigenvalue weighted by atomic mass is 35.5. The third-order valence-corrected chi connectivity index (χ3v) is 2.21. The molecule has 0 aromatic heterocycles. The van der Waals surface area contributed by atoms with Crippen LogP contribution in [0, 0.1) is 5.92 Å². The van der Waals surface area contributed by atoms with E-state index < -0.39 is 17.9 Å². The van der Waals surface area contributed by atoms with E-state index in [4.69, 9.17) is 10.2 Å². The van der Waals surface area contributed by atoms with Crippen molar-refractivity contribution in [2.75, 3.05) is 19.6 Å². The van der Waals surface area contributed by atoms with Crippen molar-refractivity contribution in [1.29, 1.82) is 0 Å². The van der Waals surface area contributed by atoms with Crippen molar-refractivity contribution in [3.05, 3.63) is 0 Å². The molecule has 1 unspecified atom stereocenters. The van der Waals surface area contributed by atoms with Crippen LogP contribution in [0.1, 0.15) is 12.8 Å². The van der Waals surface area contributed by atoms with Crippen LogP contribution in [0.5, 0.6) is 0 Å². The SMILES string of the molecule is Cl.O=C(O)CN1CCCC(C(=O)O)C1. The van der Waals surface area contributed by atoms with Crippen molar-refractivity contribution in [3.63, 3.8) is 0 Å². The van der Waals surface area contributed by atoms with E-state index >= 15 is 0 Å². The number of piperidine rings is 1. The number of halogens is 1. The van der Waals surface area contributed by atoms with Crippen molar-refractivity contribution in [1.82, 2.24) is 4.90 Å². The molecule has 82 valence electrons. The van der Waals surface area contributed by atoms with Crippen molar-refractivity contribution < 1.29 is 19.8 Å². The number of carboxylic acids is 2. The number of rotatable bonds is 3. The van der Waals surface area contributed by atoms with Gasteiger partial charge in [0.2, 0.25) is 0 Å². The molecule has 1 saturated heterocycles. The molecule has 2 N–H and O–H groups in total. The van der Waals surface area contributed by atoms with Crippen molar-refractivity contribution in [3.8, 4) is 0 Å². The van der Waals surface area contributed by atoms with Crippen molar-refractivity contribution in [2.45, 2.75) is 12.8 Å². The van der Waals surface area contributed by atoms with Gasteiger partial charge in [0.25, 0.3) is 0 Å². The first-order valence-corrected chi connectivity index (χ1v) is 4.26. The molecule has 1 aliphatic heterocycles. The van der Waals surface area contributed by atoms with E-state index in [2.05, 4.69) is 0 Å². The predicted molar refractivity (Wildman–Crippen MR) is 51.7 cm³/mol. The highest BCUT2D eigenvalue weighted by Gasteiger charge is 2.25.